The van der Waals surface area contributed by atoms with Gasteiger partial charge in [0.05, 0.1) is 12.8 Å². The van der Waals surface area contributed by atoms with Gasteiger partial charge in [-0.05, 0) is 24.3 Å². The second-order valence-electron chi connectivity index (χ2n) is 4.57. The molecule has 1 aromatic carbocycles. The van der Waals surface area contributed by atoms with Crippen LogP contribution in [0.4, 0.5) is 13.2 Å². The fourth-order valence-electron chi connectivity index (χ4n) is 2.11. The van der Waals surface area contributed by atoms with Crippen LogP contribution in [0.25, 0.3) is 16.9 Å². The van der Waals surface area contributed by atoms with Gasteiger partial charge in [0.25, 0.3) is 5.56 Å². The summed E-state index contributed by atoms with van der Waals surface area (Å²) in [5.41, 5.74) is -1.05. The highest BCUT2D eigenvalue weighted by Gasteiger charge is 2.35. The molecule has 0 spiro atoms. The number of H-pyrrole nitrogens is 1. The number of halogens is 3. The molecule has 22 heavy (non-hydrogen) atoms. The highest BCUT2D eigenvalue weighted by Crippen LogP contribution is 2.29. The van der Waals surface area contributed by atoms with E-state index >= 15 is 0 Å². The van der Waals surface area contributed by atoms with Gasteiger partial charge in [-0.3, -0.25) is 4.79 Å². The number of hydrogen-bond acceptors (Lipinski definition) is 3. The van der Waals surface area contributed by atoms with Crippen molar-refractivity contribution in [1.29, 1.82) is 0 Å². The number of nitrogens with zero attached hydrogens (tertiary/aromatic N) is 2. The molecule has 0 atom stereocenters. The van der Waals surface area contributed by atoms with E-state index < -0.39 is 17.4 Å². The van der Waals surface area contributed by atoms with Gasteiger partial charge in [0.2, 0.25) is 0 Å². The van der Waals surface area contributed by atoms with Crippen LogP contribution in [0.15, 0.2) is 41.2 Å². The van der Waals surface area contributed by atoms with Crippen LogP contribution < -0.4 is 10.3 Å². The zero-order chi connectivity index (χ0) is 15.9. The van der Waals surface area contributed by atoms with Crippen LogP contribution in [0, 0.1) is 0 Å². The van der Waals surface area contributed by atoms with Crippen molar-refractivity contribution < 1.29 is 17.9 Å². The van der Waals surface area contributed by atoms with Crippen LogP contribution in [0.1, 0.15) is 5.69 Å². The first-order valence-corrected chi connectivity index (χ1v) is 6.23. The molecule has 0 unspecified atom stereocenters. The van der Waals surface area contributed by atoms with Gasteiger partial charge in [-0.1, -0.05) is 0 Å². The maximum absolute atomic E-state index is 13.0. The number of rotatable bonds is 2. The third kappa shape index (κ3) is 2.43. The Morgan fingerprint density at radius 1 is 1.18 bits per heavy atom. The quantitative estimate of drug-likeness (QED) is 0.792. The molecular formula is C14H10F3N3O2. The molecule has 0 aliphatic carbocycles. The molecular weight excluding hydrogens is 299 g/mol. The first-order chi connectivity index (χ1) is 10.4. The summed E-state index contributed by atoms with van der Waals surface area (Å²) in [6.07, 6.45) is -4.67. The zero-order valence-corrected chi connectivity index (χ0v) is 11.3. The molecule has 8 heteroatoms. The highest BCUT2D eigenvalue weighted by molar-refractivity contribution is 5.64. The molecule has 5 nitrogen and oxygen atoms in total. The van der Waals surface area contributed by atoms with Crippen LogP contribution in [-0.2, 0) is 6.18 Å². The molecule has 0 aliphatic rings. The highest BCUT2D eigenvalue weighted by atomic mass is 19.4. The van der Waals surface area contributed by atoms with Crippen LogP contribution in [0.5, 0.6) is 5.75 Å². The Balaban J connectivity index is 2.18. The minimum Gasteiger partial charge on any atom is -0.497 e. The van der Waals surface area contributed by atoms with Gasteiger partial charge in [0.15, 0.2) is 5.69 Å². The van der Waals surface area contributed by atoms with Gasteiger partial charge < -0.3 is 9.72 Å². The molecule has 0 saturated carbocycles. The minimum atomic E-state index is -4.67. The molecule has 0 fully saturated rings. The molecule has 114 valence electrons. The van der Waals surface area contributed by atoms with Crippen molar-refractivity contribution >= 4 is 5.65 Å². The third-order valence-corrected chi connectivity index (χ3v) is 3.13. The number of nitrogens with one attached hydrogen (secondary N) is 1. The van der Waals surface area contributed by atoms with Crippen molar-refractivity contribution in [2.75, 3.05) is 7.11 Å². The van der Waals surface area contributed by atoms with E-state index in [2.05, 4.69) is 10.1 Å². The standard InChI is InChI=1S/C14H10F3N3O2/c1-22-9-4-2-8(3-5-9)10-6-12-18-13(21)7-11(14(15,16)17)20(12)19-10/h2-7H,1H3,(H,18,21). The smallest absolute Gasteiger partial charge is 0.433 e. The molecule has 3 rings (SSSR count). The van der Waals surface area contributed by atoms with Gasteiger partial charge in [-0.25, -0.2) is 4.52 Å². The first-order valence-electron chi connectivity index (χ1n) is 6.23. The van der Waals surface area contributed by atoms with E-state index in [1.54, 1.807) is 24.3 Å². The van der Waals surface area contributed by atoms with Gasteiger partial charge >= 0.3 is 6.18 Å². The third-order valence-electron chi connectivity index (χ3n) is 3.13. The molecule has 0 radical (unpaired) electrons. The summed E-state index contributed by atoms with van der Waals surface area (Å²) in [6.45, 7) is 0. The number of methoxy groups -OCH3 is 1. The van der Waals surface area contributed by atoms with Crippen molar-refractivity contribution in [3.05, 3.63) is 52.4 Å². The largest absolute Gasteiger partial charge is 0.497 e. The Hall–Kier alpha value is -2.77. The Labute approximate surface area is 122 Å². The Morgan fingerprint density at radius 2 is 1.86 bits per heavy atom. The molecule has 0 saturated heterocycles. The predicted molar refractivity (Wildman–Crippen MR) is 72.8 cm³/mol. The number of aromatic amines is 1. The van der Waals surface area contributed by atoms with E-state index in [0.717, 1.165) is 0 Å². The van der Waals surface area contributed by atoms with Gasteiger partial charge in [0, 0.05) is 17.7 Å². The number of aromatic nitrogens is 3. The van der Waals surface area contributed by atoms with Crippen LogP contribution in [0.2, 0.25) is 0 Å². The lowest BCUT2D eigenvalue weighted by molar-refractivity contribution is -0.142. The monoisotopic (exact) mass is 309 g/mol. The summed E-state index contributed by atoms with van der Waals surface area (Å²) in [6, 6.07) is 8.56. The van der Waals surface area contributed by atoms with Crippen molar-refractivity contribution in [3.63, 3.8) is 0 Å². The summed E-state index contributed by atoms with van der Waals surface area (Å²) in [7, 11) is 1.51. The maximum Gasteiger partial charge on any atom is 0.433 e. The summed E-state index contributed by atoms with van der Waals surface area (Å²) in [4.78, 5) is 13.7. The lowest BCUT2D eigenvalue weighted by atomic mass is 10.1. The number of hydrogen-bond donors (Lipinski definition) is 1. The van der Waals surface area contributed by atoms with Crippen molar-refractivity contribution in [1.82, 2.24) is 14.6 Å². The Bertz CT molecular complexity index is 879. The Kier molecular flexibility index (Phi) is 3.16. The topological polar surface area (TPSA) is 59.4 Å². The summed E-state index contributed by atoms with van der Waals surface area (Å²) >= 11 is 0. The molecule has 2 heterocycles. The second-order valence-corrected chi connectivity index (χ2v) is 4.57. The van der Waals surface area contributed by atoms with E-state index in [1.807, 2.05) is 0 Å². The number of alkyl halides is 3. The van der Waals surface area contributed by atoms with Gasteiger partial charge in [-0.2, -0.15) is 18.3 Å². The summed E-state index contributed by atoms with van der Waals surface area (Å²) in [5, 5.41) is 3.93. The number of fused-ring (bicyclic) bond motifs is 1. The lowest BCUT2D eigenvalue weighted by Crippen LogP contribution is -2.19. The molecule has 1 N–H and O–H groups in total. The second kappa shape index (κ2) is 4.90. The van der Waals surface area contributed by atoms with E-state index in [9.17, 15) is 18.0 Å². The lowest BCUT2D eigenvalue weighted by Gasteiger charge is -2.07. The molecule has 0 bridgehead atoms. The number of benzene rings is 1. The summed E-state index contributed by atoms with van der Waals surface area (Å²) in [5.74, 6) is 0.622. The zero-order valence-electron chi connectivity index (χ0n) is 11.3. The van der Waals surface area contributed by atoms with Crippen LogP contribution >= 0.6 is 0 Å². The van der Waals surface area contributed by atoms with E-state index in [1.165, 1.54) is 13.2 Å². The first kappa shape index (κ1) is 14.2. The average Bonchev–Trinajstić information content (AvgIpc) is 2.89. The normalized spacial score (nSPS) is 11.8. The SMILES string of the molecule is COc1ccc(-c2cc3[nH]c(=O)cc(C(F)(F)F)n3n2)cc1. The average molecular weight is 309 g/mol. The molecule has 0 amide bonds. The molecule has 3 aromatic rings. The summed E-state index contributed by atoms with van der Waals surface area (Å²) < 4.78 is 44.6. The number of ether oxygens (including phenoxy) is 1. The fourth-order valence-corrected chi connectivity index (χ4v) is 2.11. The molecule has 2 aromatic heterocycles. The van der Waals surface area contributed by atoms with E-state index in [4.69, 9.17) is 4.74 Å². The van der Waals surface area contributed by atoms with Crippen molar-refractivity contribution in [3.8, 4) is 17.0 Å². The van der Waals surface area contributed by atoms with Gasteiger partial charge in [0.1, 0.15) is 11.4 Å². The predicted octanol–water partition coefficient (Wildman–Crippen LogP) is 2.72. The maximum atomic E-state index is 13.0. The van der Waals surface area contributed by atoms with E-state index in [0.29, 0.717) is 27.6 Å². The van der Waals surface area contributed by atoms with Gasteiger partial charge in [-0.15, -0.1) is 0 Å². The van der Waals surface area contributed by atoms with Crippen molar-refractivity contribution in [2.45, 2.75) is 6.18 Å². The Morgan fingerprint density at radius 3 is 2.45 bits per heavy atom. The minimum absolute atomic E-state index is 0.0226. The van der Waals surface area contributed by atoms with E-state index in [-0.39, 0.29) is 5.65 Å². The van der Waals surface area contributed by atoms with Crippen LogP contribution in [-0.4, -0.2) is 21.7 Å². The molecule has 0 aliphatic heterocycles. The van der Waals surface area contributed by atoms with Crippen molar-refractivity contribution in [2.24, 2.45) is 0 Å². The van der Waals surface area contributed by atoms with Crippen LogP contribution in [0.3, 0.4) is 0 Å². The fraction of sp³-hybridized carbons (Fsp3) is 0.143.